The third kappa shape index (κ3) is 3.27. The van der Waals surface area contributed by atoms with Gasteiger partial charge in [0, 0.05) is 10.9 Å². The van der Waals surface area contributed by atoms with Crippen molar-refractivity contribution in [1.29, 1.82) is 0 Å². The minimum Gasteiger partial charge on any atom is -0.785 e. The van der Waals surface area contributed by atoms with Crippen molar-refractivity contribution in [3.8, 4) is 0 Å². The van der Waals surface area contributed by atoms with Gasteiger partial charge in [-0.25, -0.2) is 0 Å². The van der Waals surface area contributed by atoms with Crippen LogP contribution in [0.3, 0.4) is 0 Å². The molecule has 0 bridgehead atoms. The average molecular weight is 174 g/mol. The predicted molar refractivity (Wildman–Crippen MR) is 52.7 cm³/mol. The molecule has 0 aliphatic carbocycles. The Morgan fingerprint density at radius 3 is 2.18 bits per heavy atom. The SMILES string of the molecule is CCC(=S)C(C)N([O-])C(C)C. The van der Waals surface area contributed by atoms with Crippen molar-refractivity contribution in [3.63, 3.8) is 0 Å². The number of hydroxylamine groups is 2. The fourth-order valence-corrected chi connectivity index (χ4v) is 0.988. The Hall–Kier alpha value is 0.0100. The first-order chi connectivity index (χ1) is 5.00. The van der Waals surface area contributed by atoms with Crippen molar-refractivity contribution in [1.82, 2.24) is 5.06 Å². The number of hydrogen-bond donors (Lipinski definition) is 0. The monoisotopic (exact) mass is 174 g/mol. The van der Waals surface area contributed by atoms with Crippen molar-refractivity contribution >= 4 is 17.1 Å². The van der Waals surface area contributed by atoms with Gasteiger partial charge in [-0.05, 0) is 19.4 Å². The molecule has 0 amide bonds. The zero-order valence-corrected chi connectivity index (χ0v) is 8.44. The maximum atomic E-state index is 11.3. The Morgan fingerprint density at radius 2 is 1.91 bits per heavy atom. The summed E-state index contributed by atoms with van der Waals surface area (Å²) in [6, 6.07) is -0.0931. The van der Waals surface area contributed by atoms with E-state index in [1.54, 1.807) is 0 Å². The quantitative estimate of drug-likeness (QED) is 0.483. The van der Waals surface area contributed by atoms with Gasteiger partial charge in [-0.1, -0.05) is 33.0 Å². The minimum atomic E-state index is -0.116. The molecule has 0 N–H and O–H groups in total. The smallest absolute Gasteiger partial charge is 0.0268 e. The molecule has 0 saturated carbocycles. The zero-order chi connectivity index (χ0) is 9.02. The van der Waals surface area contributed by atoms with E-state index in [4.69, 9.17) is 12.2 Å². The van der Waals surface area contributed by atoms with Crippen molar-refractivity contribution in [3.05, 3.63) is 5.21 Å². The lowest BCUT2D eigenvalue weighted by Gasteiger charge is -2.38. The van der Waals surface area contributed by atoms with Crippen LogP contribution < -0.4 is 0 Å². The first-order valence-corrected chi connectivity index (χ1v) is 4.39. The molecule has 0 heterocycles. The van der Waals surface area contributed by atoms with Gasteiger partial charge in [0.2, 0.25) is 0 Å². The molecule has 0 rings (SSSR count). The third-order valence-corrected chi connectivity index (χ3v) is 2.33. The van der Waals surface area contributed by atoms with Crippen LogP contribution in [0.5, 0.6) is 0 Å². The number of thiocarbonyl (C=S) groups is 1. The molecule has 0 spiro atoms. The number of nitrogens with zero attached hydrogens (tertiary/aromatic N) is 1. The van der Waals surface area contributed by atoms with Crippen LogP contribution in [0.15, 0.2) is 0 Å². The van der Waals surface area contributed by atoms with E-state index >= 15 is 0 Å². The van der Waals surface area contributed by atoms with E-state index in [0.717, 1.165) is 16.3 Å². The van der Waals surface area contributed by atoms with Crippen LogP contribution in [0.4, 0.5) is 0 Å². The van der Waals surface area contributed by atoms with E-state index < -0.39 is 0 Å². The largest absolute Gasteiger partial charge is 0.785 e. The summed E-state index contributed by atoms with van der Waals surface area (Å²) in [4.78, 5) is 0.841. The zero-order valence-electron chi connectivity index (χ0n) is 7.63. The Kier molecular flexibility index (Phi) is 4.81. The van der Waals surface area contributed by atoms with Crippen molar-refractivity contribution in [2.24, 2.45) is 0 Å². The topological polar surface area (TPSA) is 26.3 Å². The van der Waals surface area contributed by atoms with E-state index in [1.807, 2.05) is 27.7 Å². The molecule has 2 nitrogen and oxygen atoms in total. The van der Waals surface area contributed by atoms with Crippen LogP contribution in [0.25, 0.3) is 0 Å². The Labute approximate surface area is 74.2 Å². The van der Waals surface area contributed by atoms with E-state index in [2.05, 4.69) is 0 Å². The summed E-state index contributed by atoms with van der Waals surface area (Å²) in [7, 11) is 0. The Balaban J connectivity index is 4.01. The molecule has 0 aliphatic rings. The van der Waals surface area contributed by atoms with E-state index in [1.165, 1.54) is 0 Å². The fourth-order valence-electron chi connectivity index (χ4n) is 0.885. The second-order valence-electron chi connectivity index (χ2n) is 2.95. The molecule has 3 heteroatoms. The number of hydrogen-bond acceptors (Lipinski definition) is 3. The number of rotatable bonds is 4. The van der Waals surface area contributed by atoms with E-state index in [9.17, 15) is 5.21 Å². The van der Waals surface area contributed by atoms with Gasteiger partial charge < -0.3 is 10.3 Å². The fraction of sp³-hybridized carbons (Fsp3) is 0.875. The molecule has 1 unspecified atom stereocenters. The summed E-state index contributed by atoms with van der Waals surface area (Å²) in [5, 5.41) is 12.3. The van der Waals surface area contributed by atoms with Gasteiger partial charge in [0.1, 0.15) is 0 Å². The lowest BCUT2D eigenvalue weighted by molar-refractivity contribution is 0.291. The molecule has 0 fully saturated rings. The molecule has 0 radical (unpaired) electrons. The highest BCUT2D eigenvalue weighted by Crippen LogP contribution is 2.06. The van der Waals surface area contributed by atoms with Gasteiger partial charge in [0.15, 0.2) is 0 Å². The highest BCUT2D eigenvalue weighted by atomic mass is 32.1. The second-order valence-corrected chi connectivity index (χ2v) is 3.47. The molecule has 0 aromatic rings. The summed E-state index contributed by atoms with van der Waals surface area (Å²) in [6.07, 6.45) is 0.808. The van der Waals surface area contributed by atoms with Gasteiger partial charge in [-0.3, -0.25) is 0 Å². The molecule has 11 heavy (non-hydrogen) atoms. The molecule has 0 aliphatic heterocycles. The predicted octanol–water partition coefficient (Wildman–Crippen LogP) is 2.36. The Bertz CT molecular complexity index is 136. The highest BCUT2D eigenvalue weighted by Gasteiger charge is 2.10. The maximum Gasteiger partial charge on any atom is 0.0268 e. The summed E-state index contributed by atoms with van der Waals surface area (Å²) in [6.45, 7) is 7.59. The summed E-state index contributed by atoms with van der Waals surface area (Å²) < 4.78 is 0. The lowest BCUT2D eigenvalue weighted by Crippen LogP contribution is -2.38. The minimum absolute atomic E-state index is 0.0227. The van der Waals surface area contributed by atoms with E-state index in [0.29, 0.717) is 0 Å². The van der Waals surface area contributed by atoms with Crippen molar-refractivity contribution in [2.75, 3.05) is 0 Å². The Morgan fingerprint density at radius 1 is 1.45 bits per heavy atom. The van der Waals surface area contributed by atoms with Gasteiger partial charge in [0.25, 0.3) is 0 Å². The van der Waals surface area contributed by atoms with Crippen LogP contribution in [0, 0.1) is 5.21 Å². The van der Waals surface area contributed by atoms with Crippen LogP contribution in [0.1, 0.15) is 34.1 Å². The van der Waals surface area contributed by atoms with Gasteiger partial charge in [0.05, 0.1) is 0 Å². The maximum absolute atomic E-state index is 11.3. The summed E-state index contributed by atoms with van der Waals surface area (Å²) in [5.74, 6) is 0. The highest BCUT2D eigenvalue weighted by molar-refractivity contribution is 7.80. The van der Waals surface area contributed by atoms with Crippen LogP contribution >= 0.6 is 12.2 Å². The average Bonchev–Trinajstić information content (AvgIpc) is 2.00. The lowest BCUT2D eigenvalue weighted by atomic mass is 10.1. The van der Waals surface area contributed by atoms with Crippen LogP contribution in [-0.4, -0.2) is 22.0 Å². The van der Waals surface area contributed by atoms with Gasteiger partial charge in [-0.2, -0.15) is 0 Å². The standard InChI is InChI=1S/C8H16NOS/c1-5-8(11)7(4)9(10)6(2)3/h6-7H,5H2,1-4H3/q-1. The molecular weight excluding hydrogens is 158 g/mol. The molecule has 0 aromatic heterocycles. The molecule has 0 saturated heterocycles. The first kappa shape index (κ1) is 11.0. The molecular formula is C8H16NOS-. The molecule has 0 aromatic carbocycles. The normalized spacial score (nSPS) is 14.1. The van der Waals surface area contributed by atoms with Crippen molar-refractivity contribution in [2.45, 2.75) is 46.2 Å². The van der Waals surface area contributed by atoms with Crippen LogP contribution in [0.2, 0.25) is 0 Å². The summed E-state index contributed by atoms with van der Waals surface area (Å²) in [5.41, 5.74) is 0. The van der Waals surface area contributed by atoms with E-state index in [-0.39, 0.29) is 12.1 Å². The third-order valence-electron chi connectivity index (χ3n) is 1.71. The van der Waals surface area contributed by atoms with Crippen LogP contribution in [-0.2, 0) is 0 Å². The summed E-state index contributed by atoms with van der Waals surface area (Å²) >= 11 is 5.03. The van der Waals surface area contributed by atoms with Crippen molar-refractivity contribution < 1.29 is 0 Å². The second kappa shape index (κ2) is 4.80. The van der Waals surface area contributed by atoms with Gasteiger partial charge in [-0.15, -0.1) is 0 Å². The van der Waals surface area contributed by atoms with Gasteiger partial charge >= 0.3 is 0 Å². The molecule has 66 valence electrons. The first-order valence-electron chi connectivity index (χ1n) is 3.98. The molecule has 1 atom stereocenters.